The van der Waals surface area contributed by atoms with Crippen LogP contribution in [0.15, 0.2) is 42.5 Å². The van der Waals surface area contributed by atoms with Crippen LogP contribution in [0.3, 0.4) is 0 Å². The summed E-state index contributed by atoms with van der Waals surface area (Å²) in [5.74, 6) is -1.51. The number of benzene rings is 2. The molecule has 104 valence electrons. The molecule has 0 radical (unpaired) electrons. The number of urea groups is 1. The van der Waals surface area contributed by atoms with E-state index in [-0.39, 0.29) is 5.69 Å². The second kappa shape index (κ2) is 6.14. The number of carbonyl (C=O) groups is 1. The quantitative estimate of drug-likeness (QED) is 0.867. The van der Waals surface area contributed by atoms with Crippen LogP contribution in [0.1, 0.15) is 12.5 Å². The van der Waals surface area contributed by atoms with Gasteiger partial charge in [-0.2, -0.15) is 0 Å². The van der Waals surface area contributed by atoms with Crippen LogP contribution < -0.4 is 10.6 Å². The van der Waals surface area contributed by atoms with E-state index in [2.05, 4.69) is 10.6 Å². The average Bonchev–Trinajstić information content (AvgIpc) is 2.42. The number of carbonyl (C=O) groups excluding carboxylic acids is 1. The summed E-state index contributed by atoms with van der Waals surface area (Å²) in [4.78, 5) is 11.7. The summed E-state index contributed by atoms with van der Waals surface area (Å²) >= 11 is 0. The second-order valence-electron chi connectivity index (χ2n) is 4.26. The van der Waals surface area contributed by atoms with Crippen LogP contribution in [-0.4, -0.2) is 6.03 Å². The number of nitrogens with one attached hydrogen (secondary N) is 2. The number of hydrogen-bond acceptors (Lipinski definition) is 1. The topological polar surface area (TPSA) is 41.1 Å². The molecule has 20 heavy (non-hydrogen) atoms. The third-order valence-corrected chi connectivity index (χ3v) is 2.77. The van der Waals surface area contributed by atoms with Gasteiger partial charge in [-0.25, -0.2) is 13.6 Å². The lowest BCUT2D eigenvalue weighted by Crippen LogP contribution is -2.20. The van der Waals surface area contributed by atoms with Crippen LogP contribution in [0.5, 0.6) is 0 Å². The van der Waals surface area contributed by atoms with Gasteiger partial charge in [0, 0.05) is 11.8 Å². The molecule has 0 aliphatic rings. The molecule has 0 aliphatic carbocycles. The maximum absolute atomic E-state index is 13.4. The van der Waals surface area contributed by atoms with Gasteiger partial charge in [0.05, 0.1) is 5.69 Å². The molecule has 0 spiro atoms. The molecule has 2 N–H and O–H groups in total. The molecule has 0 saturated heterocycles. The van der Waals surface area contributed by atoms with E-state index in [9.17, 15) is 13.6 Å². The van der Waals surface area contributed by atoms with E-state index in [1.54, 1.807) is 6.07 Å². The van der Waals surface area contributed by atoms with Crippen molar-refractivity contribution in [3.05, 3.63) is 59.7 Å². The Labute approximate surface area is 115 Å². The molecule has 0 unspecified atom stereocenters. The second-order valence-corrected chi connectivity index (χ2v) is 4.26. The lowest BCUT2D eigenvalue weighted by atomic mass is 10.1. The fraction of sp³-hybridized carbons (Fsp3) is 0.133. The van der Waals surface area contributed by atoms with Crippen molar-refractivity contribution in [2.45, 2.75) is 13.3 Å². The molecule has 2 amide bonds. The first-order chi connectivity index (χ1) is 9.58. The Morgan fingerprint density at radius 1 is 1.10 bits per heavy atom. The minimum absolute atomic E-state index is 0.0736. The molecule has 3 nitrogen and oxygen atoms in total. The Bertz CT molecular complexity index is 629. The highest BCUT2D eigenvalue weighted by Gasteiger charge is 2.08. The van der Waals surface area contributed by atoms with Gasteiger partial charge in [0.25, 0.3) is 0 Å². The minimum Gasteiger partial charge on any atom is -0.308 e. The number of aryl methyl sites for hydroxylation is 1. The predicted octanol–water partition coefficient (Wildman–Crippen LogP) is 4.17. The minimum atomic E-state index is -0.817. The molecule has 2 aromatic carbocycles. The van der Waals surface area contributed by atoms with E-state index >= 15 is 0 Å². The van der Waals surface area contributed by atoms with E-state index in [0.29, 0.717) is 11.8 Å². The van der Waals surface area contributed by atoms with Crippen molar-refractivity contribution >= 4 is 17.4 Å². The van der Waals surface area contributed by atoms with Crippen molar-refractivity contribution in [3.8, 4) is 0 Å². The lowest BCUT2D eigenvalue weighted by Gasteiger charge is -2.09. The Morgan fingerprint density at radius 3 is 2.60 bits per heavy atom. The van der Waals surface area contributed by atoms with Crippen molar-refractivity contribution in [1.82, 2.24) is 0 Å². The fourth-order valence-corrected chi connectivity index (χ4v) is 1.74. The largest absolute Gasteiger partial charge is 0.323 e. The monoisotopic (exact) mass is 276 g/mol. The van der Waals surface area contributed by atoms with Gasteiger partial charge in [-0.3, -0.25) is 0 Å². The van der Waals surface area contributed by atoms with Gasteiger partial charge in [0.2, 0.25) is 0 Å². The SMILES string of the molecule is CCc1cccc(NC(=O)Nc2ccc(F)cc2F)c1. The highest BCUT2D eigenvalue weighted by Crippen LogP contribution is 2.16. The number of rotatable bonds is 3. The maximum Gasteiger partial charge on any atom is 0.323 e. The Balaban J connectivity index is 2.05. The highest BCUT2D eigenvalue weighted by molar-refractivity contribution is 5.99. The van der Waals surface area contributed by atoms with Crippen LogP contribution in [0.25, 0.3) is 0 Å². The highest BCUT2D eigenvalue weighted by atomic mass is 19.1. The number of amides is 2. The van der Waals surface area contributed by atoms with Crippen LogP contribution in [0.2, 0.25) is 0 Å². The molecule has 0 fully saturated rings. The smallest absolute Gasteiger partial charge is 0.308 e. The van der Waals surface area contributed by atoms with Gasteiger partial charge in [-0.05, 0) is 36.2 Å². The zero-order valence-electron chi connectivity index (χ0n) is 10.9. The third kappa shape index (κ3) is 3.54. The van der Waals surface area contributed by atoms with Crippen LogP contribution in [-0.2, 0) is 6.42 Å². The predicted molar refractivity (Wildman–Crippen MR) is 74.8 cm³/mol. The van der Waals surface area contributed by atoms with Crippen molar-refractivity contribution in [2.24, 2.45) is 0 Å². The summed E-state index contributed by atoms with van der Waals surface area (Å²) in [6.45, 7) is 2.01. The molecule has 5 heteroatoms. The number of halogens is 2. The molecule has 2 aromatic rings. The van der Waals surface area contributed by atoms with E-state index in [1.165, 1.54) is 6.07 Å². The number of hydrogen-bond donors (Lipinski definition) is 2. The van der Waals surface area contributed by atoms with Crippen molar-refractivity contribution in [3.63, 3.8) is 0 Å². The molecule has 0 aromatic heterocycles. The summed E-state index contributed by atoms with van der Waals surface area (Å²) in [6, 6.07) is 9.73. The first-order valence-corrected chi connectivity index (χ1v) is 6.20. The summed E-state index contributed by atoms with van der Waals surface area (Å²) in [5, 5.41) is 4.93. The molecule has 0 saturated carbocycles. The maximum atomic E-state index is 13.4. The van der Waals surface area contributed by atoms with Gasteiger partial charge in [-0.15, -0.1) is 0 Å². The first-order valence-electron chi connectivity index (χ1n) is 6.20. The molecular weight excluding hydrogens is 262 g/mol. The van der Waals surface area contributed by atoms with Crippen molar-refractivity contribution in [1.29, 1.82) is 0 Å². The first kappa shape index (κ1) is 14.0. The van der Waals surface area contributed by atoms with Crippen molar-refractivity contribution in [2.75, 3.05) is 10.6 Å². The summed E-state index contributed by atoms with van der Waals surface area (Å²) in [7, 11) is 0. The van der Waals surface area contributed by atoms with E-state index < -0.39 is 17.7 Å². The zero-order valence-corrected chi connectivity index (χ0v) is 10.9. The molecular formula is C15H14F2N2O. The summed E-state index contributed by atoms with van der Waals surface area (Å²) in [6.07, 6.45) is 0.851. The third-order valence-electron chi connectivity index (χ3n) is 2.77. The van der Waals surface area contributed by atoms with Gasteiger partial charge in [-0.1, -0.05) is 19.1 Å². The Morgan fingerprint density at radius 2 is 1.90 bits per heavy atom. The molecule has 0 aliphatic heterocycles. The summed E-state index contributed by atoms with van der Waals surface area (Å²) < 4.78 is 26.1. The Kier molecular flexibility index (Phi) is 4.30. The molecule has 2 rings (SSSR count). The van der Waals surface area contributed by atoms with E-state index in [4.69, 9.17) is 0 Å². The van der Waals surface area contributed by atoms with E-state index in [0.717, 1.165) is 18.1 Å². The number of anilines is 2. The van der Waals surface area contributed by atoms with Crippen LogP contribution in [0.4, 0.5) is 25.0 Å². The lowest BCUT2D eigenvalue weighted by molar-refractivity contribution is 0.262. The Hall–Kier alpha value is -2.43. The van der Waals surface area contributed by atoms with Gasteiger partial charge >= 0.3 is 6.03 Å². The van der Waals surface area contributed by atoms with Crippen LogP contribution >= 0.6 is 0 Å². The van der Waals surface area contributed by atoms with Crippen LogP contribution in [0, 0.1) is 11.6 Å². The standard InChI is InChI=1S/C15H14F2N2O/c1-2-10-4-3-5-12(8-10)18-15(20)19-14-7-6-11(16)9-13(14)17/h3-9H,2H2,1H3,(H2,18,19,20). The van der Waals surface area contributed by atoms with Gasteiger partial charge in [0.1, 0.15) is 11.6 Å². The molecule has 0 heterocycles. The van der Waals surface area contributed by atoms with Gasteiger partial charge < -0.3 is 10.6 Å². The zero-order chi connectivity index (χ0) is 14.5. The average molecular weight is 276 g/mol. The van der Waals surface area contributed by atoms with Gasteiger partial charge in [0.15, 0.2) is 0 Å². The normalized spacial score (nSPS) is 10.2. The fourth-order valence-electron chi connectivity index (χ4n) is 1.74. The van der Waals surface area contributed by atoms with Crippen molar-refractivity contribution < 1.29 is 13.6 Å². The molecule has 0 atom stereocenters. The summed E-state index contributed by atoms with van der Waals surface area (Å²) in [5.41, 5.74) is 1.62. The molecule has 0 bridgehead atoms. The van der Waals surface area contributed by atoms with E-state index in [1.807, 2.05) is 25.1 Å².